The van der Waals surface area contributed by atoms with Crippen molar-refractivity contribution in [3.63, 3.8) is 0 Å². The van der Waals surface area contributed by atoms with Gasteiger partial charge in [0.1, 0.15) is 18.4 Å². The quantitative estimate of drug-likeness (QED) is 0.378. The number of carbonyl (C=O) groups excluding carboxylic acids is 4. The van der Waals surface area contributed by atoms with Gasteiger partial charge in [-0.05, 0) is 30.4 Å². The van der Waals surface area contributed by atoms with Gasteiger partial charge in [-0.3, -0.25) is 19.2 Å². The average molecular weight is 516 g/mol. The van der Waals surface area contributed by atoms with E-state index < -0.39 is 53.9 Å². The van der Waals surface area contributed by atoms with E-state index in [0.717, 1.165) is 12.1 Å². The molecule has 0 spiro atoms. The van der Waals surface area contributed by atoms with Gasteiger partial charge in [0.2, 0.25) is 11.8 Å². The van der Waals surface area contributed by atoms with E-state index >= 15 is 0 Å². The molecule has 10 nitrogen and oxygen atoms in total. The highest BCUT2D eigenvalue weighted by Crippen LogP contribution is 2.66. The lowest BCUT2D eigenvalue weighted by Gasteiger charge is -2.33. The molecular formula is C26H30FN3O7. The van der Waals surface area contributed by atoms with Crippen LogP contribution in [0.5, 0.6) is 5.75 Å². The molecule has 4 rings (SSSR count). The van der Waals surface area contributed by atoms with Crippen molar-refractivity contribution in [2.75, 3.05) is 13.7 Å². The number of carbonyl (C=O) groups is 5. The summed E-state index contributed by atoms with van der Waals surface area (Å²) in [5, 5.41) is 14.2. The molecule has 0 aromatic heterocycles. The van der Waals surface area contributed by atoms with Gasteiger partial charge in [0.15, 0.2) is 11.6 Å². The SMILES string of the molecule is COc1cccc(C(=O)NC(C(=O)N2C3=CCC4C3C4[C@H]2C(=O)NCC(C=O)CC(=O)O)C(C)C)c1F. The molecule has 2 fully saturated rings. The van der Waals surface area contributed by atoms with Crippen LogP contribution >= 0.6 is 0 Å². The number of nitrogens with zero attached hydrogens (tertiary/aromatic N) is 1. The predicted octanol–water partition coefficient (Wildman–Crippen LogP) is 1.36. The number of rotatable bonds is 11. The van der Waals surface area contributed by atoms with E-state index in [9.17, 15) is 28.4 Å². The Labute approximate surface area is 213 Å². The number of aldehydes is 1. The molecule has 2 aliphatic carbocycles. The number of likely N-dealkylation sites (tertiary alicyclic amines) is 1. The van der Waals surface area contributed by atoms with Crippen LogP contribution in [-0.2, 0) is 19.2 Å². The number of halogens is 1. The van der Waals surface area contributed by atoms with Gasteiger partial charge in [0.25, 0.3) is 5.91 Å². The molecule has 37 heavy (non-hydrogen) atoms. The molecule has 6 atom stereocenters. The molecule has 1 saturated carbocycles. The number of piperidine rings is 1. The standard InChI is InChI=1S/C26H30FN3O7/c1-12(2)22(29-24(34)15-5-4-6-17(37-3)21(15)27)26(36)30-16-8-7-14-19(16)20(14)23(30)25(35)28-10-13(11-31)9-18(32)33/h4-6,8,11-14,19-20,22-23H,7,9-10H2,1-3H3,(H,28,35)(H,29,34)(H,32,33)/t13?,14?,19?,20?,22?,23-/m0/s1. The summed E-state index contributed by atoms with van der Waals surface area (Å²) < 4.78 is 19.6. The number of nitrogens with one attached hydrogen (secondary N) is 2. The molecule has 3 N–H and O–H groups in total. The third kappa shape index (κ3) is 4.82. The van der Waals surface area contributed by atoms with Crippen LogP contribution < -0.4 is 15.4 Å². The summed E-state index contributed by atoms with van der Waals surface area (Å²) in [5.74, 6) is -4.85. The minimum absolute atomic E-state index is 0.0694. The lowest BCUT2D eigenvalue weighted by Crippen LogP contribution is -2.56. The molecule has 198 valence electrons. The third-order valence-electron chi connectivity index (χ3n) is 7.41. The van der Waals surface area contributed by atoms with E-state index in [1.54, 1.807) is 13.8 Å². The summed E-state index contributed by atoms with van der Waals surface area (Å²) in [7, 11) is 1.28. The van der Waals surface area contributed by atoms with Crippen molar-refractivity contribution in [2.45, 2.75) is 38.8 Å². The van der Waals surface area contributed by atoms with Crippen molar-refractivity contribution in [1.82, 2.24) is 15.5 Å². The van der Waals surface area contributed by atoms with Crippen molar-refractivity contribution >= 4 is 30.0 Å². The highest BCUT2D eigenvalue weighted by atomic mass is 19.1. The van der Waals surface area contributed by atoms with Crippen molar-refractivity contribution in [3.05, 3.63) is 41.4 Å². The summed E-state index contributed by atoms with van der Waals surface area (Å²) in [6, 6.07) is 2.27. The first kappa shape index (κ1) is 26.3. The van der Waals surface area contributed by atoms with Gasteiger partial charge in [-0.2, -0.15) is 0 Å². The second-order valence-corrected chi connectivity index (χ2v) is 10.0. The first-order chi connectivity index (χ1) is 17.6. The Morgan fingerprint density at radius 1 is 1.27 bits per heavy atom. The Morgan fingerprint density at radius 2 is 2.00 bits per heavy atom. The van der Waals surface area contributed by atoms with E-state index in [1.807, 2.05) is 6.08 Å². The zero-order valence-electron chi connectivity index (χ0n) is 20.8. The maximum absolute atomic E-state index is 14.7. The number of ether oxygens (including phenoxy) is 1. The minimum Gasteiger partial charge on any atom is -0.494 e. The molecule has 0 radical (unpaired) electrons. The maximum atomic E-state index is 14.7. The Kier molecular flexibility index (Phi) is 7.33. The molecule has 3 amide bonds. The van der Waals surface area contributed by atoms with Crippen molar-refractivity contribution in [2.24, 2.45) is 29.6 Å². The van der Waals surface area contributed by atoms with Crippen LogP contribution in [0.2, 0.25) is 0 Å². The van der Waals surface area contributed by atoms with Crippen LogP contribution in [0.4, 0.5) is 4.39 Å². The zero-order chi connectivity index (χ0) is 27.0. The van der Waals surface area contributed by atoms with E-state index in [2.05, 4.69) is 10.6 Å². The van der Waals surface area contributed by atoms with E-state index in [1.165, 1.54) is 30.2 Å². The molecule has 3 aliphatic rings. The lowest BCUT2D eigenvalue weighted by molar-refractivity contribution is -0.140. The van der Waals surface area contributed by atoms with Gasteiger partial charge in [-0.25, -0.2) is 4.39 Å². The van der Waals surface area contributed by atoms with Crippen molar-refractivity contribution in [3.8, 4) is 5.75 Å². The van der Waals surface area contributed by atoms with Crippen LogP contribution in [-0.4, -0.2) is 65.7 Å². The zero-order valence-corrected chi connectivity index (χ0v) is 20.8. The average Bonchev–Trinajstić information content (AvgIpc) is 3.29. The van der Waals surface area contributed by atoms with Gasteiger partial charge in [-0.1, -0.05) is 26.0 Å². The smallest absolute Gasteiger partial charge is 0.304 e. The van der Waals surface area contributed by atoms with E-state index in [4.69, 9.17) is 9.84 Å². The van der Waals surface area contributed by atoms with E-state index in [0.29, 0.717) is 6.29 Å². The Balaban J connectivity index is 1.53. The monoisotopic (exact) mass is 515 g/mol. The number of carboxylic acids is 1. The molecule has 1 aliphatic heterocycles. The summed E-state index contributed by atoms with van der Waals surface area (Å²) in [6.07, 6.45) is 2.73. The minimum atomic E-state index is -1.16. The summed E-state index contributed by atoms with van der Waals surface area (Å²) in [6.45, 7) is 3.32. The highest BCUT2D eigenvalue weighted by molar-refractivity contribution is 6.00. The Bertz CT molecular complexity index is 1170. The largest absolute Gasteiger partial charge is 0.494 e. The fourth-order valence-corrected chi connectivity index (χ4v) is 5.55. The summed E-state index contributed by atoms with van der Waals surface area (Å²) >= 11 is 0. The summed E-state index contributed by atoms with van der Waals surface area (Å²) in [4.78, 5) is 63.6. The van der Waals surface area contributed by atoms with Gasteiger partial charge < -0.3 is 30.2 Å². The van der Waals surface area contributed by atoms with Gasteiger partial charge in [0.05, 0.1) is 19.1 Å². The van der Waals surface area contributed by atoms with E-state index in [-0.39, 0.29) is 41.5 Å². The fourth-order valence-electron chi connectivity index (χ4n) is 5.55. The predicted molar refractivity (Wildman–Crippen MR) is 128 cm³/mol. The molecule has 5 unspecified atom stereocenters. The van der Waals surface area contributed by atoms with Gasteiger partial charge in [0, 0.05) is 30.0 Å². The van der Waals surface area contributed by atoms with Crippen LogP contribution in [0, 0.1) is 35.4 Å². The van der Waals surface area contributed by atoms with Crippen molar-refractivity contribution < 1.29 is 38.2 Å². The van der Waals surface area contributed by atoms with Gasteiger partial charge >= 0.3 is 5.97 Å². The lowest BCUT2D eigenvalue weighted by atomic mass is 10.00. The second kappa shape index (κ2) is 10.3. The maximum Gasteiger partial charge on any atom is 0.304 e. The number of amides is 3. The number of benzene rings is 1. The molecule has 1 aromatic carbocycles. The number of hydrogen-bond acceptors (Lipinski definition) is 6. The normalized spacial score (nSPS) is 24.6. The Hall–Kier alpha value is -3.76. The highest BCUT2D eigenvalue weighted by Gasteiger charge is 2.69. The number of aliphatic carboxylic acids is 1. The molecule has 1 heterocycles. The van der Waals surface area contributed by atoms with Crippen LogP contribution in [0.25, 0.3) is 0 Å². The van der Waals surface area contributed by atoms with Crippen LogP contribution in [0.3, 0.4) is 0 Å². The van der Waals surface area contributed by atoms with Gasteiger partial charge in [-0.15, -0.1) is 0 Å². The number of methoxy groups -OCH3 is 1. The first-order valence-corrected chi connectivity index (χ1v) is 12.2. The number of fused-ring (bicyclic) bond motifs is 1. The topological polar surface area (TPSA) is 142 Å². The number of allylic oxidation sites excluding steroid dienone is 2. The fraction of sp³-hybridized carbons (Fsp3) is 0.500. The molecule has 1 aromatic rings. The summed E-state index contributed by atoms with van der Waals surface area (Å²) in [5.41, 5.74) is 0.472. The first-order valence-electron chi connectivity index (χ1n) is 12.2. The molecule has 1 saturated heterocycles. The molecule has 11 heteroatoms. The van der Waals surface area contributed by atoms with Crippen LogP contribution in [0.15, 0.2) is 30.0 Å². The number of carboxylic acid groups (broad SMARTS) is 1. The van der Waals surface area contributed by atoms with Crippen molar-refractivity contribution in [1.29, 1.82) is 0 Å². The Morgan fingerprint density at radius 3 is 2.62 bits per heavy atom. The number of hydrogen-bond donors (Lipinski definition) is 3. The molecular weight excluding hydrogens is 485 g/mol. The molecule has 0 bridgehead atoms. The van der Waals surface area contributed by atoms with Crippen LogP contribution in [0.1, 0.15) is 37.0 Å². The third-order valence-corrected chi connectivity index (χ3v) is 7.41. The second-order valence-electron chi connectivity index (χ2n) is 10.0.